The molecule has 0 saturated carbocycles. The molecule has 0 aliphatic heterocycles. The molecule has 6 heteroatoms. The Labute approximate surface area is 126 Å². The van der Waals surface area contributed by atoms with Crippen molar-refractivity contribution in [2.24, 2.45) is 0 Å². The smallest absolute Gasteiger partial charge is 0.340 e. The third-order valence-corrected chi connectivity index (χ3v) is 3.44. The van der Waals surface area contributed by atoms with Gasteiger partial charge in [-0.05, 0) is 25.1 Å². The second kappa shape index (κ2) is 6.10. The summed E-state index contributed by atoms with van der Waals surface area (Å²) in [4.78, 5) is 15.9. The number of hydrogen-bond acceptors (Lipinski definition) is 4. The highest BCUT2D eigenvalue weighted by molar-refractivity contribution is 6.35. The number of nitrogens with zero attached hydrogens (tertiary/aromatic N) is 1. The summed E-state index contributed by atoms with van der Waals surface area (Å²) in [6, 6.07) is 4.61. The molecule has 0 atom stereocenters. The minimum absolute atomic E-state index is 0.0583. The summed E-state index contributed by atoms with van der Waals surface area (Å²) in [5, 5.41) is 0.0794. The Bertz CT molecular complexity index is 704. The zero-order valence-corrected chi connectivity index (χ0v) is 12.5. The van der Waals surface area contributed by atoms with Crippen molar-refractivity contribution in [1.29, 1.82) is 0 Å². The van der Waals surface area contributed by atoms with Crippen LogP contribution in [0.4, 0.5) is 4.39 Å². The lowest BCUT2D eigenvalue weighted by Gasteiger charge is -2.14. The van der Waals surface area contributed by atoms with E-state index < -0.39 is 11.8 Å². The average molecular weight is 310 g/mol. The van der Waals surface area contributed by atoms with Gasteiger partial charge in [-0.3, -0.25) is 4.98 Å². The Morgan fingerprint density at radius 2 is 1.95 bits per heavy atom. The van der Waals surface area contributed by atoms with Gasteiger partial charge in [-0.15, -0.1) is 0 Å². The molecule has 0 saturated heterocycles. The van der Waals surface area contributed by atoms with Crippen LogP contribution in [0.1, 0.15) is 16.1 Å². The van der Waals surface area contributed by atoms with Gasteiger partial charge in [0.1, 0.15) is 5.75 Å². The van der Waals surface area contributed by atoms with E-state index in [2.05, 4.69) is 4.98 Å². The number of carbonyl (C=O) groups excluding carboxylic acids is 1. The second-order valence-corrected chi connectivity index (χ2v) is 4.63. The molecule has 0 N–H and O–H groups in total. The molecule has 0 aliphatic rings. The molecule has 0 bridgehead atoms. The number of benzene rings is 1. The highest BCUT2D eigenvalue weighted by atomic mass is 35.5. The quantitative estimate of drug-likeness (QED) is 0.812. The van der Waals surface area contributed by atoms with Crippen LogP contribution in [0.15, 0.2) is 24.4 Å². The molecule has 1 aromatic heterocycles. The Hall–Kier alpha value is -2.14. The molecule has 1 heterocycles. The van der Waals surface area contributed by atoms with Crippen molar-refractivity contribution in [1.82, 2.24) is 4.98 Å². The van der Waals surface area contributed by atoms with Crippen LogP contribution in [0.5, 0.6) is 5.75 Å². The van der Waals surface area contributed by atoms with Crippen molar-refractivity contribution in [3.63, 3.8) is 0 Å². The van der Waals surface area contributed by atoms with Crippen LogP contribution in [0.25, 0.3) is 11.1 Å². The fourth-order valence-electron chi connectivity index (χ4n) is 2.00. The number of halogens is 2. The predicted molar refractivity (Wildman–Crippen MR) is 77.3 cm³/mol. The van der Waals surface area contributed by atoms with Crippen molar-refractivity contribution < 1.29 is 18.7 Å². The number of carbonyl (C=O) groups is 1. The van der Waals surface area contributed by atoms with Gasteiger partial charge in [0.2, 0.25) is 0 Å². The minimum Gasteiger partial charge on any atom is -0.495 e. The molecule has 2 aromatic rings. The topological polar surface area (TPSA) is 48.4 Å². The maximum Gasteiger partial charge on any atom is 0.340 e. The van der Waals surface area contributed by atoms with E-state index in [1.54, 1.807) is 19.1 Å². The minimum atomic E-state index is -0.664. The summed E-state index contributed by atoms with van der Waals surface area (Å²) in [7, 11) is 2.66. The summed E-state index contributed by atoms with van der Waals surface area (Å²) in [5.74, 6) is -0.862. The molecule has 0 fully saturated rings. The lowest BCUT2D eigenvalue weighted by molar-refractivity contribution is 0.0601. The Morgan fingerprint density at radius 1 is 1.24 bits per heavy atom. The fraction of sp³-hybridized carbons (Fsp3) is 0.200. The van der Waals surface area contributed by atoms with Gasteiger partial charge in [-0.2, -0.15) is 0 Å². The molecule has 4 nitrogen and oxygen atoms in total. The number of hydrogen-bond donors (Lipinski definition) is 0. The van der Waals surface area contributed by atoms with E-state index >= 15 is 0 Å². The Kier molecular flexibility index (Phi) is 4.43. The molecule has 0 spiro atoms. The molecule has 110 valence electrons. The molecule has 2 rings (SSSR count). The third-order valence-electron chi connectivity index (χ3n) is 3.07. The predicted octanol–water partition coefficient (Wildman–Crippen LogP) is 3.64. The largest absolute Gasteiger partial charge is 0.495 e. The highest BCUT2D eigenvalue weighted by Crippen LogP contribution is 2.37. The molecule has 0 unspecified atom stereocenters. The van der Waals surface area contributed by atoms with Gasteiger partial charge in [0.25, 0.3) is 0 Å². The molecule has 0 aliphatic carbocycles. The standard InChI is InChI=1S/C15H13ClFNO3/c1-8-14(17)10(6-7-18-8)9-4-5-11(20-2)13(16)12(9)15(19)21-3/h4-7H,1-3H3. The van der Waals surface area contributed by atoms with Crippen LogP contribution in [0.2, 0.25) is 5.02 Å². The van der Waals surface area contributed by atoms with Crippen LogP contribution in [-0.4, -0.2) is 25.2 Å². The van der Waals surface area contributed by atoms with E-state index in [1.165, 1.54) is 26.5 Å². The maximum atomic E-state index is 14.3. The number of esters is 1. The first-order chi connectivity index (χ1) is 10.0. The Morgan fingerprint density at radius 3 is 2.57 bits per heavy atom. The summed E-state index contributed by atoms with van der Waals surface area (Å²) in [6.45, 7) is 1.54. The lowest BCUT2D eigenvalue weighted by atomic mass is 9.99. The van der Waals surface area contributed by atoms with E-state index in [4.69, 9.17) is 21.1 Å². The van der Waals surface area contributed by atoms with Crippen molar-refractivity contribution in [3.8, 4) is 16.9 Å². The van der Waals surface area contributed by atoms with Crippen LogP contribution in [-0.2, 0) is 4.74 Å². The van der Waals surface area contributed by atoms with Crippen LogP contribution in [0.3, 0.4) is 0 Å². The Balaban J connectivity index is 2.77. The van der Waals surface area contributed by atoms with Gasteiger partial charge in [-0.25, -0.2) is 9.18 Å². The lowest BCUT2D eigenvalue weighted by Crippen LogP contribution is -2.07. The number of rotatable bonds is 3. The van der Waals surface area contributed by atoms with Crippen molar-refractivity contribution in [3.05, 3.63) is 46.5 Å². The SMILES string of the molecule is COC(=O)c1c(-c2ccnc(C)c2F)ccc(OC)c1Cl. The number of ether oxygens (including phenoxy) is 2. The van der Waals surface area contributed by atoms with Gasteiger partial charge < -0.3 is 9.47 Å². The molecular weight excluding hydrogens is 297 g/mol. The van der Waals surface area contributed by atoms with Gasteiger partial charge in [0.05, 0.1) is 30.5 Å². The number of aryl methyl sites for hydroxylation is 1. The van der Waals surface area contributed by atoms with E-state index in [0.29, 0.717) is 11.3 Å². The van der Waals surface area contributed by atoms with E-state index in [-0.39, 0.29) is 21.8 Å². The van der Waals surface area contributed by atoms with Crippen LogP contribution >= 0.6 is 11.6 Å². The van der Waals surface area contributed by atoms with Crippen LogP contribution < -0.4 is 4.74 Å². The van der Waals surface area contributed by atoms with Gasteiger partial charge >= 0.3 is 5.97 Å². The highest BCUT2D eigenvalue weighted by Gasteiger charge is 2.23. The molecule has 0 radical (unpaired) electrons. The van der Waals surface area contributed by atoms with E-state index in [1.807, 2.05) is 0 Å². The van der Waals surface area contributed by atoms with Gasteiger partial charge in [0.15, 0.2) is 5.82 Å². The monoisotopic (exact) mass is 309 g/mol. The first-order valence-electron chi connectivity index (χ1n) is 6.07. The van der Waals surface area contributed by atoms with Crippen molar-refractivity contribution in [2.75, 3.05) is 14.2 Å². The number of aromatic nitrogens is 1. The van der Waals surface area contributed by atoms with E-state index in [9.17, 15) is 9.18 Å². The summed E-state index contributed by atoms with van der Waals surface area (Å²) < 4.78 is 24.1. The zero-order chi connectivity index (χ0) is 15.6. The van der Waals surface area contributed by atoms with Crippen LogP contribution in [0, 0.1) is 12.7 Å². The van der Waals surface area contributed by atoms with Gasteiger partial charge in [-0.1, -0.05) is 11.6 Å². The summed E-state index contributed by atoms with van der Waals surface area (Å²) >= 11 is 6.17. The molecule has 1 aromatic carbocycles. The first kappa shape index (κ1) is 15.3. The molecular formula is C15H13ClFNO3. The third kappa shape index (κ3) is 2.69. The zero-order valence-electron chi connectivity index (χ0n) is 11.7. The van der Waals surface area contributed by atoms with Gasteiger partial charge in [0, 0.05) is 17.3 Å². The summed E-state index contributed by atoms with van der Waals surface area (Å²) in [6.07, 6.45) is 1.47. The molecule has 0 amide bonds. The summed E-state index contributed by atoms with van der Waals surface area (Å²) in [5.41, 5.74) is 0.848. The number of pyridine rings is 1. The fourth-order valence-corrected chi connectivity index (χ4v) is 2.32. The normalized spacial score (nSPS) is 10.3. The first-order valence-corrected chi connectivity index (χ1v) is 6.45. The molecule has 21 heavy (non-hydrogen) atoms. The average Bonchev–Trinajstić information content (AvgIpc) is 2.49. The van der Waals surface area contributed by atoms with Crippen molar-refractivity contribution in [2.45, 2.75) is 6.92 Å². The maximum absolute atomic E-state index is 14.3. The van der Waals surface area contributed by atoms with E-state index in [0.717, 1.165) is 0 Å². The number of methoxy groups -OCH3 is 2. The second-order valence-electron chi connectivity index (χ2n) is 4.25. The van der Waals surface area contributed by atoms with Crippen molar-refractivity contribution >= 4 is 17.6 Å².